The first kappa shape index (κ1) is 22.4. The Bertz CT molecular complexity index is 1070. The number of likely N-dealkylation sites (tertiary alicyclic amines) is 1. The van der Waals surface area contributed by atoms with E-state index in [1.165, 1.54) is 10.5 Å². The van der Waals surface area contributed by atoms with Gasteiger partial charge < -0.3 is 19.9 Å². The summed E-state index contributed by atoms with van der Waals surface area (Å²) in [6.45, 7) is 0.731. The Morgan fingerprint density at radius 3 is 2.41 bits per heavy atom. The van der Waals surface area contributed by atoms with Crippen molar-refractivity contribution in [1.82, 2.24) is 15.1 Å². The van der Waals surface area contributed by atoms with Crippen LogP contribution in [0.2, 0.25) is 0 Å². The number of nitrogens with zero attached hydrogens (tertiary/aromatic N) is 2. The van der Waals surface area contributed by atoms with E-state index in [1.54, 1.807) is 26.3 Å². The van der Waals surface area contributed by atoms with Crippen LogP contribution in [0.4, 0.5) is 0 Å². The van der Waals surface area contributed by atoms with Crippen LogP contribution in [0.3, 0.4) is 0 Å². The highest BCUT2D eigenvalue weighted by Gasteiger charge is 2.52. The Kier molecular flexibility index (Phi) is 6.02. The Morgan fingerprint density at radius 1 is 1.03 bits per heavy atom. The molecule has 2 aromatic carbocycles. The van der Waals surface area contributed by atoms with Crippen LogP contribution in [0.1, 0.15) is 41.1 Å². The number of benzene rings is 2. The van der Waals surface area contributed by atoms with Crippen molar-refractivity contribution in [2.45, 2.75) is 37.3 Å². The second kappa shape index (κ2) is 9.12. The summed E-state index contributed by atoms with van der Waals surface area (Å²) in [6, 6.07) is 17.2. The molecule has 0 radical (unpaired) electrons. The van der Waals surface area contributed by atoms with Crippen LogP contribution in [-0.2, 0) is 9.59 Å². The van der Waals surface area contributed by atoms with E-state index in [-0.39, 0.29) is 48.2 Å². The summed E-state index contributed by atoms with van der Waals surface area (Å²) in [5, 5.41) is 3.11. The van der Waals surface area contributed by atoms with Crippen molar-refractivity contribution in [3.63, 3.8) is 0 Å². The van der Waals surface area contributed by atoms with Crippen molar-refractivity contribution >= 4 is 17.7 Å². The lowest BCUT2D eigenvalue weighted by molar-refractivity contribution is -0.134. The summed E-state index contributed by atoms with van der Waals surface area (Å²) in [7, 11) is 3.30. The highest BCUT2D eigenvalue weighted by molar-refractivity contribution is 5.96. The molecule has 1 saturated heterocycles. The molecule has 34 heavy (non-hydrogen) atoms. The molecule has 3 unspecified atom stereocenters. The predicted octanol–water partition coefficient (Wildman–Crippen LogP) is 2.68. The Balaban J connectivity index is 1.10. The fourth-order valence-corrected chi connectivity index (χ4v) is 5.64. The van der Waals surface area contributed by atoms with E-state index in [1.807, 2.05) is 35.2 Å². The summed E-state index contributed by atoms with van der Waals surface area (Å²) in [5.74, 6) is 1.41. The fraction of sp³-hybridized carbons (Fsp3) is 0.444. The van der Waals surface area contributed by atoms with Gasteiger partial charge >= 0.3 is 0 Å². The Labute approximate surface area is 200 Å². The van der Waals surface area contributed by atoms with Gasteiger partial charge in [-0.3, -0.25) is 14.4 Å². The second-order valence-corrected chi connectivity index (χ2v) is 9.80. The number of carbonyl (C=O) groups excluding carboxylic acids is 3. The van der Waals surface area contributed by atoms with Gasteiger partial charge in [0.25, 0.3) is 5.91 Å². The van der Waals surface area contributed by atoms with Crippen molar-refractivity contribution in [3.8, 4) is 5.75 Å². The van der Waals surface area contributed by atoms with Gasteiger partial charge in [-0.1, -0.05) is 30.3 Å². The second-order valence-electron chi connectivity index (χ2n) is 9.80. The molecule has 5 rings (SSSR count). The number of ether oxygens (including phenoxy) is 1. The summed E-state index contributed by atoms with van der Waals surface area (Å²) in [5.41, 5.74) is 1.77. The molecular weight excluding hydrogens is 430 g/mol. The lowest BCUT2D eigenvalue weighted by atomic mass is 10.0. The third-order valence-electron chi connectivity index (χ3n) is 7.57. The minimum atomic E-state index is -0.170. The molecule has 2 saturated carbocycles. The molecule has 7 heteroatoms. The molecule has 1 heterocycles. The van der Waals surface area contributed by atoms with E-state index in [0.717, 1.165) is 25.0 Å². The fourth-order valence-electron chi connectivity index (χ4n) is 5.64. The van der Waals surface area contributed by atoms with Gasteiger partial charge in [-0.15, -0.1) is 0 Å². The number of rotatable bonds is 7. The van der Waals surface area contributed by atoms with Crippen LogP contribution in [0, 0.1) is 11.8 Å². The molecule has 2 bridgehead atoms. The number of nitrogens with one attached hydrogen (secondary N) is 1. The molecule has 3 aliphatic rings. The molecular formula is C27H31N3O4. The number of amides is 3. The van der Waals surface area contributed by atoms with E-state index in [2.05, 4.69) is 17.4 Å². The lowest BCUT2D eigenvalue weighted by Gasteiger charge is -2.32. The van der Waals surface area contributed by atoms with Crippen molar-refractivity contribution < 1.29 is 19.1 Å². The van der Waals surface area contributed by atoms with Crippen LogP contribution in [0.15, 0.2) is 54.6 Å². The number of hydrogen-bond acceptors (Lipinski definition) is 4. The third-order valence-corrected chi connectivity index (χ3v) is 7.57. The van der Waals surface area contributed by atoms with Crippen LogP contribution in [0.5, 0.6) is 5.75 Å². The molecule has 2 aliphatic carbocycles. The standard InChI is InChI=1S/C27H31N3O4/c1-29(26(32)18-6-4-3-5-7-18)16-25(31)28-24-13-20-12-19(24)15-30(20)27(33)23-14-22(23)17-8-10-21(34-2)11-9-17/h3-11,19-20,22-24H,12-16H2,1-2H3,(H,28,31)/t19?,20-,22?,23?,24+/m1/s1. The zero-order valence-corrected chi connectivity index (χ0v) is 19.6. The van der Waals surface area contributed by atoms with Gasteiger partial charge in [-0.05, 0) is 60.9 Å². The molecule has 0 spiro atoms. The highest BCUT2D eigenvalue weighted by atomic mass is 16.5. The number of carbonyl (C=O) groups is 3. The largest absolute Gasteiger partial charge is 0.497 e. The van der Waals surface area contributed by atoms with Crippen molar-refractivity contribution in [1.29, 1.82) is 0 Å². The SMILES string of the molecule is COc1ccc(C2CC2C(=O)N2CC3C[C@@H]2C[C@@H]3NC(=O)CN(C)C(=O)c2ccccc2)cc1. The van der Waals surface area contributed by atoms with E-state index in [9.17, 15) is 14.4 Å². The number of methoxy groups -OCH3 is 1. The van der Waals surface area contributed by atoms with Crippen molar-refractivity contribution in [3.05, 3.63) is 65.7 Å². The van der Waals surface area contributed by atoms with E-state index in [4.69, 9.17) is 4.74 Å². The molecule has 3 amide bonds. The predicted molar refractivity (Wildman–Crippen MR) is 127 cm³/mol. The zero-order valence-electron chi connectivity index (χ0n) is 19.6. The molecule has 2 aromatic rings. The molecule has 3 fully saturated rings. The van der Waals surface area contributed by atoms with Gasteiger partial charge in [-0.2, -0.15) is 0 Å². The van der Waals surface area contributed by atoms with Gasteiger partial charge in [0.1, 0.15) is 5.75 Å². The Morgan fingerprint density at radius 2 is 1.76 bits per heavy atom. The first-order chi connectivity index (χ1) is 16.4. The first-order valence-corrected chi connectivity index (χ1v) is 12.0. The third kappa shape index (κ3) is 4.39. The average molecular weight is 462 g/mol. The normalized spacial score (nSPS) is 26.8. The average Bonchev–Trinajstić information content (AvgIpc) is 3.42. The van der Waals surface area contributed by atoms with E-state index < -0.39 is 0 Å². The van der Waals surface area contributed by atoms with Crippen molar-refractivity contribution in [2.24, 2.45) is 11.8 Å². The van der Waals surface area contributed by atoms with Gasteiger partial charge in [0, 0.05) is 37.2 Å². The number of hydrogen-bond donors (Lipinski definition) is 1. The maximum absolute atomic E-state index is 13.2. The summed E-state index contributed by atoms with van der Waals surface area (Å²) in [4.78, 5) is 41.7. The van der Waals surface area contributed by atoms with E-state index >= 15 is 0 Å². The van der Waals surface area contributed by atoms with Gasteiger partial charge in [0.05, 0.1) is 13.7 Å². The minimum absolute atomic E-state index is 0.0237. The molecule has 7 nitrogen and oxygen atoms in total. The quantitative estimate of drug-likeness (QED) is 0.688. The maximum Gasteiger partial charge on any atom is 0.254 e. The molecule has 178 valence electrons. The van der Waals surface area contributed by atoms with Crippen LogP contribution >= 0.6 is 0 Å². The zero-order chi connectivity index (χ0) is 23.8. The van der Waals surface area contributed by atoms with Crippen LogP contribution in [-0.4, -0.2) is 66.9 Å². The highest BCUT2D eigenvalue weighted by Crippen LogP contribution is 2.50. The molecule has 0 aromatic heterocycles. The van der Waals surface area contributed by atoms with Crippen LogP contribution < -0.4 is 10.1 Å². The maximum atomic E-state index is 13.2. The topological polar surface area (TPSA) is 79.0 Å². The van der Waals surface area contributed by atoms with E-state index in [0.29, 0.717) is 18.0 Å². The molecule has 1 N–H and O–H groups in total. The number of fused-ring (bicyclic) bond motifs is 2. The van der Waals surface area contributed by atoms with Gasteiger partial charge in [0.15, 0.2) is 0 Å². The molecule has 5 atom stereocenters. The minimum Gasteiger partial charge on any atom is -0.497 e. The monoisotopic (exact) mass is 461 g/mol. The lowest BCUT2D eigenvalue weighted by Crippen LogP contribution is -2.50. The number of piperidine rings is 1. The first-order valence-electron chi connectivity index (χ1n) is 12.0. The van der Waals surface area contributed by atoms with Gasteiger partial charge in [0.2, 0.25) is 11.8 Å². The summed E-state index contributed by atoms with van der Waals surface area (Å²) < 4.78 is 5.22. The molecule has 1 aliphatic heterocycles. The number of likely N-dealkylation sites (N-methyl/N-ethyl adjacent to an activating group) is 1. The van der Waals surface area contributed by atoms with Gasteiger partial charge in [-0.25, -0.2) is 0 Å². The summed E-state index contributed by atoms with van der Waals surface area (Å²) >= 11 is 0. The Hall–Kier alpha value is -3.35. The smallest absolute Gasteiger partial charge is 0.254 e. The van der Waals surface area contributed by atoms with Crippen molar-refractivity contribution in [2.75, 3.05) is 27.2 Å². The summed E-state index contributed by atoms with van der Waals surface area (Å²) in [6.07, 6.45) is 2.63. The van der Waals surface area contributed by atoms with Crippen LogP contribution in [0.25, 0.3) is 0 Å².